The summed E-state index contributed by atoms with van der Waals surface area (Å²) in [5, 5.41) is 23.6. The van der Waals surface area contributed by atoms with Gasteiger partial charge in [0.15, 0.2) is 16.8 Å². The van der Waals surface area contributed by atoms with Crippen LogP contribution in [0.1, 0.15) is 24.9 Å². The summed E-state index contributed by atoms with van der Waals surface area (Å²) in [5.74, 6) is 1.96. The molecule has 0 aliphatic rings. The second-order valence-electron chi connectivity index (χ2n) is 6.33. The summed E-state index contributed by atoms with van der Waals surface area (Å²) in [6, 6.07) is 14.2. The van der Waals surface area contributed by atoms with Gasteiger partial charge in [-0.1, -0.05) is 34.6 Å². The number of benzene rings is 2. The van der Waals surface area contributed by atoms with Gasteiger partial charge in [0.05, 0.1) is 5.25 Å². The first-order valence-electron chi connectivity index (χ1n) is 9.04. The molecule has 0 fully saturated rings. The number of halogens is 1. The quantitative estimate of drug-likeness (QED) is 0.421. The molecule has 1 unspecified atom stereocenters. The molecule has 0 aliphatic carbocycles. The standard InChI is InChI=1S/C20H18ClN5O2S/c1-3-26-18(13-7-9-16(27)10-8-13)23-24-20(26)29-12(2)17-22-19(28-25-17)14-5-4-6-15(21)11-14/h4-12,27H,3H2,1-2H3. The molecular formula is C20H18ClN5O2S. The van der Waals surface area contributed by atoms with E-state index < -0.39 is 0 Å². The topological polar surface area (TPSA) is 89.9 Å². The van der Waals surface area contributed by atoms with Gasteiger partial charge in [0, 0.05) is 22.7 Å². The maximum atomic E-state index is 9.50. The minimum Gasteiger partial charge on any atom is -0.508 e. The van der Waals surface area contributed by atoms with Crippen molar-refractivity contribution in [2.24, 2.45) is 0 Å². The third-order valence-electron chi connectivity index (χ3n) is 4.32. The summed E-state index contributed by atoms with van der Waals surface area (Å²) < 4.78 is 7.43. The molecule has 148 valence electrons. The Morgan fingerprint density at radius 2 is 1.93 bits per heavy atom. The molecule has 0 aliphatic heterocycles. The number of nitrogens with zero attached hydrogens (tertiary/aromatic N) is 5. The minimum absolute atomic E-state index is 0.0890. The van der Waals surface area contributed by atoms with Gasteiger partial charge in [-0.05, 0) is 56.3 Å². The van der Waals surface area contributed by atoms with E-state index in [2.05, 4.69) is 20.3 Å². The summed E-state index contributed by atoms with van der Waals surface area (Å²) in [7, 11) is 0. The van der Waals surface area contributed by atoms with E-state index in [0.717, 1.165) is 22.1 Å². The van der Waals surface area contributed by atoms with Crippen LogP contribution in [-0.4, -0.2) is 30.0 Å². The molecule has 2 aromatic heterocycles. The highest BCUT2D eigenvalue weighted by Crippen LogP contribution is 2.35. The molecule has 4 aromatic rings. The van der Waals surface area contributed by atoms with Crippen molar-refractivity contribution in [1.82, 2.24) is 24.9 Å². The Hall–Kier alpha value is -2.84. The van der Waals surface area contributed by atoms with Crippen LogP contribution in [0.15, 0.2) is 58.2 Å². The van der Waals surface area contributed by atoms with Gasteiger partial charge in [0.2, 0.25) is 0 Å². The summed E-state index contributed by atoms with van der Waals surface area (Å²) in [6.07, 6.45) is 0. The lowest BCUT2D eigenvalue weighted by molar-refractivity contribution is 0.423. The Balaban J connectivity index is 1.56. The van der Waals surface area contributed by atoms with E-state index in [1.54, 1.807) is 24.3 Å². The van der Waals surface area contributed by atoms with Crippen molar-refractivity contribution in [3.05, 3.63) is 59.4 Å². The van der Waals surface area contributed by atoms with Gasteiger partial charge in [-0.3, -0.25) is 0 Å². The van der Waals surface area contributed by atoms with E-state index in [1.807, 2.05) is 42.7 Å². The number of aromatic hydroxyl groups is 1. The number of phenolic OH excluding ortho intramolecular Hbond substituents is 1. The zero-order valence-electron chi connectivity index (χ0n) is 15.8. The highest BCUT2D eigenvalue weighted by molar-refractivity contribution is 7.99. The molecule has 1 atom stereocenters. The lowest BCUT2D eigenvalue weighted by atomic mass is 10.2. The Morgan fingerprint density at radius 3 is 2.66 bits per heavy atom. The highest BCUT2D eigenvalue weighted by Gasteiger charge is 2.21. The average Bonchev–Trinajstić information content (AvgIpc) is 3.36. The fourth-order valence-corrected chi connectivity index (χ4v) is 3.97. The van der Waals surface area contributed by atoms with E-state index in [0.29, 0.717) is 23.3 Å². The van der Waals surface area contributed by atoms with Crippen LogP contribution >= 0.6 is 23.4 Å². The molecule has 0 saturated heterocycles. The van der Waals surface area contributed by atoms with E-state index in [9.17, 15) is 5.11 Å². The van der Waals surface area contributed by atoms with E-state index >= 15 is 0 Å². The third kappa shape index (κ3) is 4.13. The number of rotatable bonds is 6. The minimum atomic E-state index is -0.0890. The first-order chi connectivity index (χ1) is 14.0. The van der Waals surface area contributed by atoms with E-state index in [4.69, 9.17) is 16.1 Å². The fourth-order valence-electron chi connectivity index (χ4n) is 2.83. The van der Waals surface area contributed by atoms with E-state index in [1.165, 1.54) is 11.8 Å². The number of thioether (sulfide) groups is 1. The second-order valence-corrected chi connectivity index (χ2v) is 8.07. The zero-order chi connectivity index (χ0) is 20.4. The van der Waals surface area contributed by atoms with Crippen LogP contribution in [-0.2, 0) is 6.54 Å². The predicted molar refractivity (Wildman–Crippen MR) is 112 cm³/mol. The zero-order valence-corrected chi connectivity index (χ0v) is 17.4. The van der Waals surface area contributed by atoms with Crippen molar-refractivity contribution >= 4 is 23.4 Å². The van der Waals surface area contributed by atoms with Gasteiger partial charge >= 0.3 is 0 Å². The Labute approximate surface area is 176 Å². The summed E-state index contributed by atoms with van der Waals surface area (Å²) in [5.41, 5.74) is 1.67. The van der Waals surface area contributed by atoms with Gasteiger partial charge < -0.3 is 14.2 Å². The number of hydrogen-bond acceptors (Lipinski definition) is 7. The van der Waals surface area contributed by atoms with Crippen LogP contribution in [0.5, 0.6) is 5.75 Å². The average molecular weight is 428 g/mol. The Bertz CT molecular complexity index is 1130. The van der Waals surface area contributed by atoms with Crippen molar-refractivity contribution in [2.75, 3.05) is 0 Å². The molecule has 2 aromatic carbocycles. The third-order valence-corrected chi connectivity index (χ3v) is 5.63. The smallest absolute Gasteiger partial charge is 0.258 e. The van der Waals surface area contributed by atoms with Crippen molar-refractivity contribution in [1.29, 1.82) is 0 Å². The summed E-state index contributed by atoms with van der Waals surface area (Å²) in [4.78, 5) is 4.51. The largest absolute Gasteiger partial charge is 0.508 e. The van der Waals surface area contributed by atoms with Gasteiger partial charge in [-0.15, -0.1) is 10.2 Å². The van der Waals surface area contributed by atoms with Crippen LogP contribution in [0.4, 0.5) is 0 Å². The molecule has 29 heavy (non-hydrogen) atoms. The van der Waals surface area contributed by atoms with Crippen LogP contribution in [0.2, 0.25) is 5.02 Å². The molecular weight excluding hydrogens is 410 g/mol. The number of phenols is 1. The molecule has 0 amide bonds. The fraction of sp³-hybridized carbons (Fsp3) is 0.200. The van der Waals surface area contributed by atoms with Gasteiger partial charge in [-0.25, -0.2) is 0 Å². The van der Waals surface area contributed by atoms with Crippen molar-refractivity contribution in [2.45, 2.75) is 30.8 Å². The molecule has 0 radical (unpaired) electrons. The monoisotopic (exact) mass is 427 g/mol. The first kappa shape index (κ1) is 19.5. The lowest BCUT2D eigenvalue weighted by Crippen LogP contribution is -2.01. The first-order valence-corrected chi connectivity index (χ1v) is 10.3. The molecule has 1 N–H and O–H groups in total. The molecule has 4 rings (SSSR count). The van der Waals surface area contributed by atoms with Crippen LogP contribution < -0.4 is 0 Å². The maximum absolute atomic E-state index is 9.50. The molecule has 2 heterocycles. The predicted octanol–water partition coefficient (Wildman–Crippen LogP) is 5.23. The van der Waals surface area contributed by atoms with Crippen LogP contribution in [0.3, 0.4) is 0 Å². The molecule has 7 nitrogen and oxygen atoms in total. The summed E-state index contributed by atoms with van der Waals surface area (Å²) >= 11 is 7.55. The van der Waals surface area contributed by atoms with Gasteiger partial charge in [0.25, 0.3) is 5.89 Å². The molecule has 0 spiro atoms. The van der Waals surface area contributed by atoms with Gasteiger partial charge in [-0.2, -0.15) is 4.98 Å². The SMILES string of the molecule is CCn1c(SC(C)c2noc(-c3cccc(Cl)c3)n2)nnc1-c1ccc(O)cc1. The van der Waals surface area contributed by atoms with Crippen LogP contribution in [0, 0.1) is 0 Å². The molecule has 0 saturated carbocycles. The number of aromatic nitrogens is 5. The molecule has 9 heteroatoms. The second kappa shape index (κ2) is 8.26. The van der Waals surface area contributed by atoms with Crippen molar-refractivity contribution in [3.63, 3.8) is 0 Å². The summed E-state index contributed by atoms with van der Waals surface area (Å²) in [6.45, 7) is 4.73. The Kier molecular flexibility index (Phi) is 5.55. The highest BCUT2D eigenvalue weighted by atomic mass is 35.5. The molecule has 0 bridgehead atoms. The Morgan fingerprint density at radius 1 is 1.14 bits per heavy atom. The van der Waals surface area contributed by atoms with Crippen LogP contribution in [0.25, 0.3) is 22.8 Å². The normalized spacial score (nSPS) is 12.2. The van der Waals surface area contributed by atoms with Crippen molar-refractivity contribution < 1.29 is 9.63 Å². The maximum Gasteiger partial charge on any atom is 0.258 e. The lowest BCUT2D eigenvalue weighted by Gasteiger charge is -2.09. The van der Waals surface area contributed by atoms with Gasteiger partial charge in [0.1, 0.15) is 5.75 Å². The number of hydrogen-bond donors (Lipinski definition) is 1. The van der Waals surface area contributed by atoms with E-state index in [-0.39, 0.29) is 11.0 Å². The van der Waals surface area contributed by atoms with Crippen molar-refractivity contribution in [3.8, 4) is 28.6 Å².